The molecule has 0 saturated carbocycles. The van der Waals surface area contributed by atoms with Crippen LogP contribution in [-0.4, -0.2) is 63.8 Å². The number of rotatable bonds is 5. The average molecular weight is 349 g/mol. The molecule has 1 aromatic heterocycles. The average Bonchev–Trinajstić information content (AvgIpc) is 2.56. The smallest absolute Gasteiger partial charge is 0.231 e. The molecule has 1 aromatic carbocycles. The van der Waals surface area contributed by atoms with Gasteiger partial charge in [0.1, 0.15) is 6.33 Å². The maximum absolute atomic E-state index is 9.47. The molecule has 1 saturated heterocycles. The van der Waals surface area contributed by atoms with E-state index in [0.29, 0.717) is 5.95 Å². The van der Waals surface area contributed by atoms with Crippen molar-refractivity contribution < 1.29 is 5.11 Å². The van der Waals surface area contributed by atoms with Gasteiger partial charge in [-0.15, -0.1) is 0 Å². The molecule has 3 rings (SSSR count). The van der Waals surface area contributed by atoms with Gasteiger partial charge in [0.2, 0.25) is 11.2 Å². The Balaban J connectivity index is 1.57. The van der Waals surface area contributed by atoms with Crippen LogP contribution in [0.2, 0.25) is 5.28 Å². The number of benzene rings is 1. The summed E-state index contributed by atoms with van der Waals surface area (Å²) in [4.78, 5) is 16.4. The highest BCUT2D eigenvalue weighted by molar-refractivity contribution is 6.28. The SMILES string of the molecule is C[C@H](O)CN1CCN(c2ccc(Nc3ncnc(Cl)n3)cc2)CC1. The summed E-state index contributed by atoms with van der Waals surface area (Å²) >= 11 is 5.75. The number of hydrogen-bond acceptors (Lipinski definition) is 7. The largest absolute Gasteiger partial charge is 0.392 e. The van der Waals surface area contributed by atoms with Crippen LogP contribution in [0.25, 0.3) is 0 Å². The normalized spacial score (nSPS) is 16.9. The number of aromatic nitrogens is 3. The minimum Gasteiger partial charge on any atom is -0.392 e. The summed E-state index contributed by atoms with van der Waals surface area (Å²) in [6, 6.07) is 8.15. The minimum atomic E-state index is -0.272. The molecule has 1 aliphatic heterocycles. The number of halogens is 1. The zero-order valence-electron chi connectivity index (χ0n) is 13.6. The molecule has 0 spiro atoms. The molecular weight excluding hydrogens is 328 g/mol. The molecule has 0 radical (unpaired) electrons. The van der Waals surface area contributed by atoms with Crippen molar-refractivity contribution in [2.75, 3.05) is 42.9 Å². The van der Waals surface area contributed by atoms with E-state index >= 15 is 0 Å². The third-order valence-corrected chi connectivity index (χ3v) is 4.11. The first kappa shape index (κ1) is 16.9. The van der Waals surface area contributed by atoms with E-state index in [4.69, 9.17) is 11.6 Å². The first-order chi connectivity index (χ1) is 11.6. The van der Waals surface area contributed by atoms with Crippen LogP contribution in [-0.2, 0) is 0 Å². The lowest BCUT2D eigenvalue weighted by Crippen LogP contribution is -2.48. The van der Waals surface area contributed by atoms with Crippen LogP contribution >= 0.6 is 11.6 Å². The molecule has 2 aromatic rings. The van der Waals surface area contributed by atoms with Gasteiger partial charge in [-0.1, -0.05) is 0 Å². The maximum atomic E-state index is 9.47. The summed E-state index contributed by atoms with van der Waals surface area (Å²) < 4.78 is 0. The van der Waals surface area contributed by atoms with Gasteiger partial charge in [-0.2, -0.15) is 4.98 Å². The van der Waals surface area contributed by atoms with Gasteiger partial charge in [-0.05, 0) is 42.8 Å². The van der Waals surface area contributed by atoms with E-state index in [0.717, 1.165) is 38.4 Å². The molecule has 1 aliphatic rings. The van der Waals surface area contributed by atoms with E-state index in [1.54, 1.807) is 0 Å². The van der Waals surface area contributed by atoms with E-state index in [-0.39, 0.29) is 11.4 Å². The Labute approximate surface area is 146 Å². The Bertz CT molecular complexity index is 658. The second-order valence-electron chi connectivity index (χ2n) is 5.89. The van der Waals surface area contributed by atoms with Gasteiger partial charge < -0.3 is 15.3 Å². The van der Waals surface area contributed by atoms with Crippen LogP contribution in [0.3, 0.4) is 0 Å². The zero-order chi connectivity index (χ0) is 16.9. The van der Waals surface area contributed by atoms with Crippen molar-refractivity contribution in [2.45, 2.75) is 13.0 Å². The quantitative estimate of drug-likeness (QED) is 0.852. The van der Waals surface area contributed by atoms with Crippen molar-refractivity contribution in [3.63, 3.8) is 0 Å². The van der Waals surface area contributed by atoms with Gasteiger partial charge in [0.15, 0.2) is 0 Å². The Kier molecular flexibility index (Phi) is 5.44. The molecule has 7 nitrogen and oxygen atoms in total. The lowest BCUT2D eigenvalue weighted by atomic mass is 10.2. The van der Waals surface area contributed by atoms with Crippen LogP contribution < -0.4 is 10.2 Å². The summed E-state index contributed by atoms with van der Waals surface area (Å²) in [7, 11) is 0. The molecular formula is C16H21ClN6O. The van der Waals surface area contributed by atoms with Crippen LogP contribution in [0, 0.1) is 0 Å². The third kappa shape index (κ3) is 4.53. The van der Waals surface area contributed by atoms with Crippen LogP contribution in [0.5, 0.6) is 0 Å². The van der Waals surface area contributed by atoms with Crippen LogP contribution in [0.15, 0.2) is 30.6 Å². The summed E-state index contributed by atoms with van der Waals surface area (Å²) in [5.74, 6) is 0.425. The highest BCUT2D eigenvalue weighted by atomic mass is 35.5. The molecule has 2 heterocycles. The summed E-state index contributed by atoms with van der Waals surface area (Å²) in [6.45, 7) is 6.43. The number of β-amino-alcohol motifs (C(OH)–C–C–N with tert-alkyl or cyclic N) is 1. The highest BCUT2D eigenvalue weighted by Crippen LogP contribution is 2.21. The first-order valence-corrected chi connectivity index (χ1v) is 8.35. The summed E-state index contributed by atoms with van der Waals surface area (Å²) in [6.07, 6.45) is 1.10. The number of aliphatic hydroxyl groups is 1. The van der Waals surface area contributed by atoms with Gasteiger partial charge in [0, 0.05) is 44.1 Å². The van der Waals surface area contributed by atoms with Crippen molar-refractivity contribution in [3.05, 3.63) is 35.9 Å². The number of nitrogens with one attached hydrogen (secondary N) is 1. The molecule has 0 bridgehead atoms. The van der Waals surface area contributed by atoms with Gasteiger partial charge in [-0.3, -0.25) is 4.90 Å². The molecule has 24 heavy (non-hydrogen) atoms. The van der Waals surface area contributed by atoms with Gasteiger partial charge in [0.25, 0.3) is 0 Å². The Morgan fingerprint density at radius 2 is 1.88 bits per heavy atom. The maximum Gasteiger partial charge on any atom is 0.231 e. The van der Waals surface area contributed by atoms with Crippen molar-refractivity contribution in [2.24, 2.45) is 0 Å². The number of anilines is 3. The highest BCUT2D eigenvalue weighted by Gasteiger charge is 2.18. The number of hydrogen-bond donors (Lipinski definition) is 2. The molecule has 128 valence electrons. The molecule has 0 amide bonds. The van der Waals surface area contributed by atoms with Crippen molar-refractivity contribution in [1.29, 1.82) is 0 Å². The van der Waals surface area contributed by atoms with E-state index in [1.165, 1.54) is 12.0 Å². The molecule has 2 N–H and O–H groups in total. The number of piperazine rings is 1. The fourth-order valence-corrected chi connectivity index (χ4v) is 2.91. The van der Waals surface area contributed by atoms with Crippen molar-refractivity contribution in [3.8, 4) is 0 Å². The molecule has 0 aliphatic carbocycles. The van der Waals surface area contributed by atoms with E-state index < -0.39 is 0 Å². The first-order valence-electron chi connectivity index (χ1n) is 7.97. The predicted molar refractivity (Wildman–Crippen MR) is 94.9 cm³/mol. The monoisotopic (exact) mass is 348 g/mol. The second kappa shape index (κ2) is 7.74. The van der Waals surface area contributed by atoms with E-state index in [9.17, 15) is 5.11 Å². The standard InChI is InChI=1S/C16H21ClN6O/c1-12(24)10-22-6-8-23(9-7-22)14-4-2-13(3-5-14)20-16-19-11-18-15(17)21-16/h2-5,11-12,24H,6-10H2,1H3,(H,18,19,20,21)/t12-/m0/s1. The lowest BCUT2D eigenvalue weighted by Gasteiger charge is -2.36. The molecule has 0 unspecified atom stereocenters. The number of nitrogens with zero attached hydrogens (tertiary/aromatic N) is 5. The molecule has 1 fully saturated rings. The Morgan fingerprint density at radius 1 is 1.17 bits per heavy atom. The van der Waals surface area contributed by atoms with E-state index in [2.05, 4.69) is 42.2 Å². The van der Waals surface area contributed by atoms with Crippen LogP contribution in [0.1, 0.15) is 6.92 Å². The van der Waals surface area contributed by atoms with E-state index in [1.807, 2.05) is 19.1 Å². The molecule has 8 heteroatoms. The fourth-order valence-electron chi connectivity index (χ4n) is 2.78. The van der Waals surface area contributed by atoms with Crippen molar-refractivity contribution in [1.82, 2.24) is 19.9 Å². The van der Waals surface area contributed by atoms with Gasteiger partial charge >= 0.3 is 0 Å². The minimum absolute atomic E-state index is 0.166. The topological polar surface area (TPSA) is 77.4 Å². The van der Waals surface area contributed by atoms with Crippen LogP contribution in [0.4, 0.5) is 17.3 Å². The fraction of sp³-hybridized carbons (Fsp3) is 0.438. The summed E-state index contributed by atoms with van der Waals surface area (Å²) in [5.41, 5.74) is 2.08. The Hall–Kier alpha value is -1.96. The second-order valence-corrected chi connectivity index (χ2v) is 6.22. The number of aliphatic hydroxyl groups excluding tert-OH is 1. The van der Waals surface area contributed by atoms with Gasteiger partial charge in [0.05, 0.1) is 6.10 Å². The lowest BCUT2D eigenvalue weighted by molar-refractivity contribution is 0.123. The van der Waals surface area contributed by atoms with Crippen molar-refractivity contribution >= 4 is 28.9 Å². The predicted octanol–water partition coefficient (Wildman–Crippen LogP) is 1.77. The molecule has 1 atom stereocenters. The Morgan fingerprint density at radius 3 is 2.50 bits per heavy atom. The van der Waals surface area contributed by atoms with Gasteiger partial charge in [-0.25, -0.2) is 9.97 Å². The summed E-state index contributed by atoms with van der Waals surface area (Å²) in [5, 5.41) is 12.7. The zero-order valence-corrected chi connectivity index (χ0v) is 14.3. The third-order valence-electron chi connectivity index (χ3n) is 3.93.